The maximum absolute atomic E-state index is 5.17. The summed E-state index contributed by atoms with van der Waals surface area (Å²) in [6, 6.07) is 0. The van der Waals surface area contributed by atoms with Crippen LogP contribution in [0.4, 0.5) is 0 Å². The molecule has 0 saturated carbocycles. The molecular formula is C9H15NO. The van der Waals surface area contributed by atoms with Crippen molar-refractivity contribution in [3.8, 4) is 0 Å². The van der Waals surface area contributed by atoms with Gasteiger partial charge in [-0.1, -0.05) is 32.9 Å². The molecule has 0 N–H and O–H groups in total. The van der Waals surface area contributed by atoms with E-state index in [1.54, 1.807) is 6.20 Å². The summed E-state index contributed by atoms with van der Waals surface area (Å²) in [5, 5.41) is 3.78. The summed E-state index contributed by atoms with van der Waals surface area (Å²) in [6.07, 6.45) is 2.80. The van der Waals surface area contributed by atoms with Gasteiger partial charge in [0.2, 0.25) is 0 Å². The van der Waals surface area contributed by atoms with Gasteiger partial charge in [0.05, 0.1) is 6.20 Å². The summed E-state index contributed by atoms with van der Waals surface area (Å²) in [6.45, 7) is 8.51. The lowest BCUT2D eigenvalue weighted by Crippen LogP contribution is -2.11. The Morgan fingerprint density at radius 1 is 1.45 bits per heavy atom. The minimum atomic E-state index is 0.0852. The molecule has 62 valence electrons. The molecule has 0 saturated heterocycles. The molecule has 0 aliphatic carbocycles. The molecule has 0 radical (unpaired) electrons. The van der Waals surface area contributed by atoms with Crippen LogP contribution in [0.3, 0.4) is 0 Å². The fourth-order valence-corrected chi connectivity index (χ4v) is 1.13. The molecule has 0 aromatic carbocycles. The highest BCUT2D eigenvalue weighted by molar-refractivity contribution is 5.20. The molecule has 1 aromatic rings. The number of aryl methyl sites for hydroxylation is 1. The maximum Gasteiger partial charge on any atom is 0.145 e. The summed E-state index contributed by atoms with van der Waals surface area (Å²) in [4.78, 5) is 0. The van der Waals surface area contributed by atoms with E-state index in [4.69, 9.17) is 4.52 Å². The standard InChI is InChI=1S/C9H15NO/c1-5-7-6-10-11-8(7)9(2,3)4/h6H,5H2,1-4H3. The van der Waals surface area contributed by atoms with Crippen LogP contribution in [-0.4, -0.2) is 5.16 Å². The Kier molecular flexibility index (Phi) is 2.03. The molecule has 2 heteroatoms. The van der Waals surface area contributed by atoms with E-state index < -0.39 is 0 Å². The first-order chi connectivity index (χ1) is 5.05. The van der Waals surface area contributed by atoms with Gasteiger partial charge < -0.3 is 4.52 Å². The van der Waals surface area contributed by atoms with E-state index in [0.29, 0.717) is 0 Å². The van der Waals surface area contributed by atoms with Crippen molar-refractivity contribution in [2.45, 2.75) is 39.5 Å². The molecular weight excluding hydrogens is 138 g/mol. The van der Waals surface area contributed by atoms with E-state index in [1.165, 1.54) is 5.56 Å². The van der Waals surface area contributed by atoms with Crippen LogP contribution in [-0.2, 0) is 11.8 Å². The Morgan fingerprint density at radius 3 is 2.45 bits per heavy atom. The predicted octanol–water partition coefficient (Wildman–Crippen LogP) is 2.53. The van der Waals surface area contributed by atoms with E-state index in [1.807, 2.05) is 0 Å². The van der Waals surface area contributed by atoms with E-state index in [0.717, 1.165) is 12.2 Å². The zero-order chi connectivity index (χ0) is 8.48. The zero-order valence-corrected chi connectivity index (χ0v) is 7.64. The fraction of sp³-hybridized carbons (Fsp3) is 0.667. The molecule has 0 fully saturated rings. The molecule has 0 amide bonds. The highest BCUT2D eigenvalue weighted by Crippen LogP contribution is 2.25. The first-order valence-electron chi connectivity index (χ1n) is 3.99. The summed E-state index contributed by atoms with van der Waals surface area (Å²) in [7, 11) is 0. The SMILES string of the molecule is CCc1cnoc1C(C)(C)C. The molecule has 1 rings (SSSR count). The Balaban J connectivity index is 3.02. The molecule has 1 aromatic heterocycles. The van der Waals surface area contributed by atoms with Gasteiger partial charge in [-0.3, -0.25) is 0 Å². The zero-order valence-electron chi connectivity index (χ0n) is 7.64. The molecule has 0 aliphatic heterocycles. The second-order valence-corrected chi connectivity index (χ2v) is 3.78. The van der Waals surface area contributed by atoms with Crippen molar-refractivity contribution < 1.29 is 4.52 Å². The number of hydrogen-bond donors (Lipinski definition) is 0. The third-order valence-corrected chi connectivity index (χ3v) is 1.71. The third kappa shape index (κ3) is 1.62. The van der Waals surface area contributed by atoms with Gasteiger partial charge in [-0.2, -0.15) is 0 Å². The smallest absolute Gasteiger partial charge is 0.145 e. The molecule has 0 aliphatic rings. The Bertz CT molecular complexity index is 232. The van der Waals surface area contributed by atoms with Crippen LogP contribution >= 0.6 is 0 Å². The highest BCUT2D eigenvalue weighted by Gasteiger charge is 2.21. The Morgan fingerprint density at radius 2 is 2.09 bits per heavy atom. The van der Waals surface area contributed by atoms with Gasteiger partial charge in [0.25, 0.3) is 0 Å². The van der Waals surface area contributed by atoms with Crippen LogP contribution in [0.5, 0.6) is 0 Å². The molecule has 0 unspecified atom stereocenters. The number of hydrogen-bond acceptors (Lipinski definition) is 2. The van der Waals surface area contributed by atoms with Gasteiger partial charge in [0, 0.05) is 11.0 Å². The van der Waals surface area contributed by atoms with Gasteiger partial charge in [-0.05, 0) is 6.42 Å². The van der Waals surface area contributed by atoms with Crippen molar-refractivity contribution in [2.24, 2.45) is 0 Å². The molecule has 2 nitrogen and oxygen atoms in total. The number of aromatic nitrogens is 1. The molecule has 0 atom stereocenters. The number of nitrogens with zero attached hydrogens (tertiary/aromatic N) is 1. The van der Waals surface area contributed by atoms with Gasteiger partial charge >= 0.3 is 0 Å². The van der Waals surface area contributed by atoms with Gasteiger partial charge in [0.15, 0.2) is 0 Å². The van der Waals surface area contributed by atoms with Crippen molar-refractivity contribution >= 4 is 0 Å². The van der Waals surface area contributed by atoms with Gasteiger partial charge in [0.1, 0.15) is 5.76 Å². The minimum Gasteiger partial charge on any atom is -0.361 e. The van der Waals surface area contributed by atoms with Crippen LogP contribution in [0.1, 0.15) is 39.0 Å². The van der Waals surface area contributed by atoms with E-state index in [-0.39, 0.29) is 5.41 Å². The van der Waals surface area contributed by atoms with Crippen molar-refractivity contribution in [1.82, 2.24) is 5.16 Å². The first-order valence-corrected chi connectivity index (χ1v) is 3.99. The summed E-state index contributed by atoms with van der Waals surface area (Å²) >= 11 is 0. The van der Waals surface area contributed by atoms with E-state index >= 15 is 0 Å². The topological polar surface area (TPSA) is 26.0 Å². The second kappa shape index (κ2) is 2.68. The lowest BCUT2D eigenvalue weighted by atomic mass is 9.90. The second-order valence-electron chi connectivity index (χ2n) is 3.78. The predicted molar refractivity (Wildman–Crippen MR) is 44.6 cm³/mol. The summed E-state index contributed by atoms with van der Waals surface area (Å²) in [5.41, 5.74) is 1.31. The summed E-state index contributed by atoms with van der Waals surface area (Å²) in [5.74, 6) is 1.01. The molecule has 1 heterocycles. The van der Waals surface area contributed by atoms with Crippen LogP contribution in [0, 0.1) is 0 Å². The van der Waals surface area contributed by atoms with Crippen LogP contribution in [0.25, 0.3) is 0 Å². The highest BCUT2D eigenvalue weighted by atomic mass is 16.5. The van der Waals surface area contributed by atoms with Crippen LogP contribution in [0.2, 0.25) is 0 Å². The monoisotopic (exact) mass is 153 g/mol. The quantitative estimate of drug-likeness (QED) is 0.619. The lowest BCUT2D eigenvalue weighted by Gasteiger charge is -2.14. The average Bonchev–Trinajstić information content (AvgIpc) is 2.31. The Hall–Kier alpha value is -0.790. The van der Waals surface area contributed by atoms with Crippen molar-refractivity contribution in [2.75, 3.05) is 0 Å². The maximum atomic E-state index is 5.17. The van der Waals surface area contributed by atoms with Crippen molar-refractivity contribution in [3.05, 3.63) is 17.5 Å². The molecule has 0 spiro atoms. The normalized spacial score (nSPS) is 12.0. The van der Waals surface area contributed by atoms with E-state index in [9.17, 15) is 0 Å². The van der Waals surface area contributed by atoms with Crippen molar-refractivity contribution in [3.63, 3.8) is 0 Å². The third-order valence-electron chi connectivity index (χ3n) is 1.71. The lowest BCUT2D eigenvalue weighted by molar-refractivity contribution is 0.327. The largest absolute Gasteiger partial charge is 0.361 e. The molecule has 0 bridgehead atoms. The summed E-state index contributed by atoms with van der Waals surface area (Å²) < 4.78 is 5.17. The van der Waals surface area contributed by atoms with Crippen LogP contribution < -0.4 is 0 Å². The van der Waals surface area contributed by atoms with Crippen LogP contribution in [0.15, 0.2) is 10.7 Å². The minimum absolute atomic E-state index is 0.0852. The average molecular weight is 153 g/mol. The first kappa shape index (κ1) is 8.31. The van der Waals surface area contributed by atoms with E-state index in [2.05, 4.69) is 32.9 Å². The number of rotatable bonds is 1. The Labute approximate surface area is 67.6 Å². The van der Waals surface area contributed by atoms with Crippen molar-refractivity contribution in [1.29, 1.82) is 0 Å². The van der Waals surface area contributed by atoms with Gasteiger partial charge in [-0.15, -0.1) is 0 Å². The fourth-order valence-electron chi connectivity index (χ4n) is 1.13. The molecule has 11 heavy (non-hydrogen) atoms. The van der Waals surface area contributed by atoms with Gasteiger partial charge in [-0.25, -0.2) is 0 Å².